The second-order valence-electron chi connectivity index (χ2n) is 8.41. The molecule has 0 aromatic heterocycles. The Balaban J connectivity index is 1.70. The number of benzene rings is 3. The third kappa shape index (κ3) is 5.31. The molecule has 1 fully saturated rings. The normalized spacial score (nSPS) is 17.9. The molecule has 1 aliphatic rings. The van der Waals surface area contributed by atoms with Crippen molar-refractivity contribution in [1.29, 1.82) is 0 Å². The molecule has 0 bridgehead atoms. The summed E-state index contributed by atoms with van der Waals surface area (Å²) in [5.41, 5.74) is 2.17. The minimum Gasteiger partial charge on any atom is -0.469 e. The summed E-state index contributed by atoms with van der Waals surface area (Å²) in [6.07, 6.45) is -5.62. The number of amides is 1. The summed E-state index contributed by atoms with van der Waals surface area (Å²) in [5, 5.41) is 0. The van der Waals surface area contributed by atoms with Crippen LogP contribution >= 0.6 is 0 Å². The summed E-state index contributed by atoms with van der Waals surface area (Å²) in [5.74, 6) is -0.421. The summed E-state index contributed by atoms with van der Waals surface area (Å²) >= 11 is 0. The van der Waals surface area contributed by atoms with Gasteiger partial charge < -0.3 is 9.47 Å². The number of esters is 1. The van der Waals surface area contributed by atoms with Gasteiger partial charge in [0.15, 0.2) is 0 Å². The summed E-state index contributed by atoms with van der Waals surface area (Å²) in [6, 6.07) is 19.3. The van der Waals surface area contributed by atoms with Crippen molar-refractivity contribution < 1.29 is 32.2 Å². The second-order valence-corrected chi connectivity index (χ2v) is 8.41. The molecule has 0 radical (unpaired) electrons. The number of cyclic esters (lactones) is 1. The van der Waals surface area contributed by atoms with E-state index >= 15 is 0 Å². The van der Waals surface area contributed by atoms with Crippen LogP contribution in [0, 0.1) is 0 Å². The fourth-order valence-electron chi connectivity index (χ4n) is 4.26. The molecule has 4 rings (SSSR count). The van der Waals surface area contributed by atoms with Gasteiger partial charge >= 0.3 is 18.2 Å². The summed E-state index contributed by atoms with van der Waals surface area (Å²) in [4.78, 5) is 25.9. The largest absolute Gasteiger partial charge is 0.469 e. The zero-order chi connectivity index (χ0) is 25.2. The number of ether oxygens (including phenoxy) is 2. The van der Waals surface area contributed by atoms with E-state index in [1.54, 1.807) is 24.3 Å². The molecule has 3 aromatic rings. The number of alkyl halides is 3. The third-order valence-electron chi connectivity index (χ3n) is 6.11. The van der Waals surface area contributed by atoms with Gasteiger partial charge in [0.1, 0.15) is 6.10 Å². The van der Waals surface area contributed by atoms with Gasteiger partial charge in [-0.05, 0) is 46.9 Å². The number of carbonyl (C=O) groups excluding carboxylic acids is 2. The van der Waals surface area contributed by atoms with Crippen LogP contribution in [0.4, 0.5) is 18.0 Å². The highest BCUT2D eigenvalue weighted by Gasteiger charge is 2.40. The lowest BCUT2D eigenvalue weighted by molar-refractivity contribution is -0.140. The average Bonchev–Trinajstić information content (AvgIpc) is 3.12. The SMILES string of the molecule is COC(=O)Cc1cccc(-c2ccc(C(F)(F)F)cc2CN2C(=O)OC(c3ccccc3)C2C)c1. The van der Waals surface area contributed by atoms with Gasteiger partial charge in [0.05, 0.1) is 31.7 Å². The number of methoxy groups -OCH3 is 1. The fourth-order valence-corrected chi connectivity index (χ4v) is 4.26. The molecule has 2 unspecified atom stereocenters. The molecule has 1 aliphatic heterocycles. The van der Waals surface area contributed by atoms with Crippen molar-refractivity contribution in [2.24, 2.45) is 0 Å². The molecule has 1 amide bonds. The number of hydrogen-bond acceptors (Lipinski definition) is 4. The second kappa shape index (κ2) is 9.82. The third-order valence-corrected chi connectivity index (χ3v) is 6.11. The molecule has 3 aromatic carbocycles. The van der Waals surface area contributed by atoms with Gasteiger partial charge in [0.25, 0.3) is 0 Å². The maximum absolute atomic E-state index is 13.5. The van der Waals surface area contributed by atoms with Crippen LogP contribution in [0.5, 0.6) is 0 Å². The van der Waals surface area contributed by atoms with E-state index in [-0.39, 0.29) is 13.0 Å². The number of halogens is 3. The molecule has 0 aliphatic carbocycles. The quantitative estimate of drug-likeness (QED) is 0.394. The number of carbonyl (C=O) groups is 2. The Bertz CT molecular complexity index is 1230. The van der Waals surface area contributed by atoms with E-state index in [0.29, 0.717) is 22.3 Å². The predicted octanol–water partition coefficient (Wildman–Crippen LogP) is 6.17. The van der Waals surface area contributed by atoms with E-state index in [1.165, 1.54) is 18.1 Å². The van der Waals surface area contributed by atoms with Gasteiger partial charge in [-0.3, -0.25) is 9.69 Å². The van der Waals surface area contributed by atoms with Gasteiger partial charge in [-0.15, -0.1) is 0 Å². The first-order valence-electron chi connectivity index (χ1n) is 11.1. The first kappa shape index (κ1) is 24.3. The van der Waals surface area contributed by atoms with Crippen LogP contribution < -0.4 is 0 Å². The minimum absolute atomic E-state index is 0.0363. The smallest absolute Gasteiger partial charge is 0.416 e. The van der Waals surface area contributed by atoms with Gasteiger partial charge in [-0.25, -0.2) is 4.79 Å². The molecule has 1 heterocycles. The minimum atomic E-state index is -4.54. The zero-order valence-corrected chi connectivity index (χ0v) is 19.2. The van der Waals surface area contributed by atoms with E-state index in [2.05, 4.69) is 0 Å². The predicted molar refractivity (Wildman–Crippen MR) is 123 cm³/mol. The van der Waals surface area contributed by atoms with Gasteiger partial charge in [0.2, 0.25) is 0 Å². The molecular formula is C27H24F3NO4. The van der Waals surface area contributed by atoms with Crippen LogP contribution in [-0.4, -0.2) is 30.1 Å². The number of rotatable bonds is 6. The topological polar surface area (TPSA) is 55.8 Å². The van der Waals surface area contributed by atoms with E-state index in [9.17, 15) is 22.8 Å². The van der Waals surface area contributed by atoms with Crippen LogP contribution in [0.15, 0.2) is 72.8 Å². The monoisotopic (exact) mass is 483 g/mol. The van der Waals surface area contributed by atoms with Crippen molar-refractivity contribution in [3.05, 3.63) is 95.1 Å². The first-order chi connectivity index (χ1) is 16.7. The van der Waals surface area contributed by atoms with Gasteiger partial charge in [0, 0.05) is 0 Å². The molecular weight excluding hydrogens is 459 g/mol. The Morgan fingerprint density at radius 2 is 1.77 bits per heavy atom. The van der Waals surface area contributed by atoms with Gasteiger partial charge in [-0.1, -0.05) is 60.7 Å². The zero-order valence-electron chi connectivity index (χ0n) is 19.2. The average molecular weight is 483 g/mol. The van der Waals surface area contributed by atoms with Crippen molar-refractivity contribution >= 4 is 12.1 Å². The first-order valence-corrected chi connectivity index (χ1v) is 11.1. The van der Waals surface area contributed by atoms with E-state index in [0.717, 1.165) is 17.7 Å². The number of nitrogens with zero attached hydrogens (tertiary/aromatic N) is 1. The number of hydrogen-bond donors (Lipinski definition) is 0. The standard InChI is InChI=1S/C27H24F3NO4/c1-17-25(19-8-4-3-5-9-19)35-26(33)31(17)16-21-15-22(27(28,29)30)11-12-23(21)20-10-6-7-18(13-20)14-24(32)34-2/h3-13,15,17,25H,14,16H2,1-2H3. The van der Waals surface area contributed by atoms with Crippen molar-refractivity contribution in [3.8, 4) is 11.1 Å². The Hall–Kier alpha value is -3.81. The Labute approximate surface area is 201 Å². The molecule has 182 valence electrons. The van der Waals surface area contributed by atoms with E-state index < -0.39 is 35.9 Å². The van der Waals surface area contributed by atoms with Crippen molar-refractivity contribution in [3.63, 3.8) is 0 Å². The maximum atomic E-state index is 13.5. The molecule has 5 nitrogen and oxygen atoms in total. The fraction of sp³-hybridized carbons (Fsp3) is 0.259. The summed E-state index contributed by atoms with van der Waals surface area (Å²) < 4.78 is 50.9. The molecule has 1 saturated heterocycles. The highest BCUT2D eigenvalue weighted by Crippen LogP contribution is 2.37. The molecule has 35 heavy (non-hydrogen) atoms. The van der Waals surface area contributed by atoms with Gasteiger partial charge in [-0.2, -0.15) is 13.2 Å². The van der Waals surface area contributed by atoms with Crippen LogP contribution in [0.25, 0.3) is 11.1 Å². The summed E-state index contributed by atoms with van der Waals surface area (Å²) in [6.45, 7) is 1.75. The molecule has 0 saturated carbocycles. The Kier molecular flexibility index (Phi) is 6.82. The molecule has 0 N–H and O–H groups in total. The Morgan fingerprint density at radius 1 is 1.03 bits per heavy atom. The van der Waals surface area contributed by atoms with Crippen LogP contribution in [0.3, 0.4) is 0 Å². The summed E-state index contributed by atoms with van der Waals surface area (Å²) in [7, 11) is 1.29. The van der Waals surface area contributed by atoms with E-state index in [1.807, 2.05) is 37.3 Å². The van der Waals surface area contributed by atoms with E-state index in [4.69, 9.17) is 9.47 Å². The van der Waals surface area contributed by atoms with Crippen LogP contribution in [-0.2, 0) is 33.4 Å². The molecule has 2 atom stereocenters. The molecule has 8 heteroatoms. The molecule has 0 spiro atoms. The van der Waals surface area contributed by atoms with Crippen molar-refractivity contribution in [2.45, 2.75) is 38.2 Å². The Morgan fingerprint density at radius 3 is 2.46 bits per heavy atom. The highest BCUT2D eigenvalue weighted by atomic mass is 19.4. The lowest BCUT2D eigenvalue weighted by atomic mass is 9.94. The lowest BCUT2D eigenvalue weighted by Crippen LogP contribution is -2.31. The lowest BCUT2D eigenvalue weighted by Gasteiger charge is -2.23. The van der Waals surface area contributed by atoms with Crippen molar-refractivity contribution in [1.82, 2.24) is 4.90 Å². The van der Waals surface area contributed by atoms with Crippen LogP contribution in [0.1, 0.15) is 35.3 Å². The maximum Gasteiger partial charge on any atom is 0.416 e. The highest BCUT2D eigenvalue weighted by molar-refractivity contribution is 5.75. The van der Waals surface area contributed by atoms with Crippen LogP contribution in [0.2, 0.25) is 0 Å². The van der Waals surface area contributed by atoms with Crippen molar-refractivity contribution in [2.75, 3.05) is 7.11 Å².